The third-order valence-electron chi connectivity index (χ3n) is 5.92. The fourth-order valence-electron chi connectivity index (χ4n) is 4.51. The predicted octanol–water partition coefficient (Wildman–Crippen LogP) is 5.12. The topological polar surface area (TPSA) is 58.9 Å². The molecule has 0 aliphatic carbocycles. The fourth-order valence-corrected chi connectivity index (χ4v) is 4.51. The van der Waals surface area contributed by atoms with Gasteiger partial charge in [0.25, 0.3) is 11.8 Å². The van der Waals surface area contributed by atoms with Crippen molar-refractivity contribution in [3.63, 3.8) is 0 Å². The van der Waals surface area contributed by atoms with E-state index in [0.717, 1.165) is 15.7 Å². The van der Waals surface area contributed by atoms with E-state index < -0.39 is 11.8 Å². The predicted molar refractivity (Wildman–Crippen MR) is 122 cm³/mol. The number of imide groups is 1. The average Bonchev–Trinajstić information content (AvgIpc) is 3.32. The Hall–Kier alpha value is -4.51. The van der Waals surface area contributed by atoms with Crippen molar-refractivity contribution in [2.24, 2.45) is 0 Å². The number of aromatic nitrogens is 1. The Bertz CT molecular complexity index is 1570. The molecular formula is C27H16N2O3. The van der Waals surface area contributed by atoms with Crippen LogP contribution in [0.3, 0.4) is 0 Å². The van der Waals surface area contributed by atoms with Gasteiger partial charge in [0, 0.05) is 17.1 Å². The van der Waals surface area contributed by atoms with Crippen molar-refractivity contribution < 1.29 is 14.4 Å². The van der Waals surface area contributed by atoms with Crippen LogP contribution in [0.4, 0.5) is 5.69 Å². The lowest BCUT2D eigenvalue weighted by molar-refractivity contribution is 0.0919. The molecule has 3 aromatic carbocycles. The number of hydrogen-bond donors (Lipinski definition) is 0. The van der Waals surface area contributed by atoms with E-state index in [4.69, 9.17) is 0 Å². The summed E-state index contributed by atoms with van der Waals surface area (Å²) in [5.74, 6) is -1.20. The third-order valence-corrected chi connectivity index (χ3v) is 5.92. The molecule has 0 unspecified atom stereocenters. The lowest BCUT2D eigenvalue weighted by Gasteiger charge is -2.16. The van der Waals surface area contributed by atoms with Gasteiger partial charge in [-0.2, -0.15) is 0 Å². The van der Waals surface area contributed by atoms with Gasteiger partial charge in [0.05, 0.1) is 22.3 Å². The highest BCUT2D eigenvalue weighted by Gasteiger charge is 2.44. The molecule has 0 atom stereocenters. The Kier molecular flexibility index (Phi) is 3.86. The molecule has 5 nitrogen and oxygen atoms in total. The van der Waals surface area contributed by atoms with Gasteiger partial charge >= 0.3 is 0 Å². The number of nitrogens with zero attached hydrogens (tertiary/aromatic N) is 2. The quantitative estimate of drug-likeness (QED) is 0.303. The van der Waals surface area contributed by atoms with Crippen LogP contribution in [-0.4, -0.2) is 22.0 Å². The SMILES string of the molecule is O=C(c1ccccc1)c1c2c(c3c4ccccc4ccn13)C(=O)N(c1ccccc1)C2=O. The molecule has 0 fully saturated rings. The minimum Gasteiger partial charge on any atom is -0.311 e. The van der Waals surface area contributed by atoms with Crippen molar-refractivity contribution in [2.45, 2.75) is 0 Å². The molecule has 0 N–H and O–H groups in total. The van der Waals surface area contributed by atoms with Crippen LogP contribution in [0.1, 0.15) is 36.8 Å². The minimum absolute atomic E-state index is 0.157. The average molecular weight is 416 g/mol. The van der Waals surface area contributed by atoms with Crippen molar-refractivity contribution in [2.75, 3.05) is 4.90 Å². The Morgan fingerprint density at radius 2 is 1.28 bits per heavy atom. The molecule has 6 rings (SSSR count). The number of pyridine rings is 1. The van der Waals surface area contributed by atoms with Crippen molar-refractivity contribution in [1.29, 1.82) is 0 Å². The Labute approximate surface area is 183 Å². The molecule has 0 saturated heterocycles. The summed E-state index contributed by atoms with van der Waals surface area (Å²) in [6, 6.07) is 27.2. The normalized spacial score (nSPS) is 13.2. The first-order valence-corrected chi connectivity index (χ1v) is 10.3. The van der Waals surface area contributed by atoms with Crippen LogP contribution in [0, 0.1) is 0 Å². The zero-order valence-corrected chi connectivity index (χ0v) is 16.9. The summed E-state index contributed by atoms with van der Waals surface area (Å²) >= 11 is 0. The fraction of sp³-hybridized carbons (Fsp3) is 0. The van der Waals surface area contributed by atoms with Crippen molar-refractivity contribution >= 4 is 39.6 Å². The van der Waals surface area contributed by atoms with Crippen LogP contribution in [0.5, 0.6) is 0 Å². The summed E-state index contributed by atoms with van der Waals surface area (Å²) in [7, 11) is 0. The number of ketones is 1. The summed E-state index contributed by atoms with van der Waals surface area (Å²) in [6.45, 7) is 0. The monoisotopic (exact) mass is 416 g/mol. The van der Waals surface area contributed by atoms with Gasteiger partial charge in [-0.15, -0.1) is 0 Å². The van der Waals surface area contributed by atoms with E-state index in [1.165, 1.54) is 0 Å². The molecule has 3 heterocycles. The minimum atomic E-state index is -0.483. The maximum absolute atomic E-state index is 13.6. The van der Waals surface area contributed by atoms with Crippen LogP contribution >= 0.6 is 0 Å². The molecule has 0 spiro atoms. The lowest BCUT2D eigenvalue weighted by Crippen LogP contribution is -2.30. The molecule has 5 aromatic rings. The highest BCUT2D eigenvalue weighted by molar-refractivity contribution is 6.40. The first kappa shape index (κ1) is 18.3. The number of fused-ring (bicyclic) bond motifs is 5. The number of para-hydroxylation sites is 1. The smallest absolute Gasteiger partial charge is 0.268 e. The zero-order valence-electron chi connectivity index (χ0n) is 16.9. The van der Waals surface area contributed by atoms with Gasteiger partial charge in [-0.1, -0.05) is 72.8 Å². The number of benzene rings is 3. The van der Waals surface area contributed by atoms with Gasteiger partial charge in [-0.05, 0) is 23.6 Å². The number of amides is 2. The Balaban J connectivity index is 1.71. The molecule has 0 radical (unpaired) electrons. The highest BCUT2D eigenvalue weighted by Crippen LogP contribution is 2.38. The summed E-state index contributed by atoms with van der Waals surface area (Å²) in [5.41, 5.74) is 2.16. The number of carbonyl (C=O) groups excluding carboxylic acids is 3. The van der Waals surface area contributed by atoms with Gasteiger partial charge in [0.15, 0.2) is 0 Å². The molecule has 5 heteroatoms. The number of rotatable bonds is 3. The van der Waals surface area contributed by atoms with Crippen molar-refractivity contribution in [3.05, 3.63) is 120 Å². The van der Waals surface area contributed by atoms with E-state index in [9.17, 15) is 14.4 Å². The first-order chi connectivity index (χ1) is 15.7. The Morgan fingerprint density at radius 3 is 2.03 bits per heavy atom. The van der Waals surface area contributed by atoms with Gasteiger partial charge < -0.3 is 4.40 Å². The van der Waals surface area contributed by atoms with Crippen LogP contribution in [0.25, 0.3) is 16.3 Å². The molecule has 2 aromatic heterocycles. The van der Waals surface area contributed by atoms with Crippen LogP contribution in [0.15, 0.2) is 97.2 Å². The van der Waals surface area contributed by atoms with Crippen LogP contribution < -0.4 is 4.90 Å². The zero-order chi connectivity index (χ0) is 21.8. The van der Waals surface area contributed by atoms with E-state index in [2.05, 4.69) is 0 Å². The maximum Gasteiger partial charge on any atom is 0.268 e. The largest absolute Gasteiger partial charge is 0.311 e. The van der Waals surface area contributed by atoms with Gasteiger partial charge in [0.2, 0.25) is 5.78 Å². The standard InChI is InChI=1S/C27H16N2O3/c30-25(18-10-3-1-4-11-18)24-22-21(23-20-14-8-7-9-17(20)15-16-28(23)24)26(31)29(27(22)32)19-12-5-2-6-13-19/h1-16H. The highest BCUT2D eigenvalue weighted by atomic mass is 16.2. The van der Waals surface area contributed by atoms with E-state index >= 15 is 0 Å². The van der Waals surface area contributed by atoms with E-state index in [-0.39, 0.29) is 22.6 Å². The molecule has 32 heavy (non-hydrogen) atoms. The van der Waals surface area contributed by atoms with E-state index in [1.807, 2.05) is 42.5 Å². The molecule has 2 amide bonds. The van der Waals surface area contributed by atoms with Crippen molar-refractivity contribution in [3.8, 4) is 0 Å². The number of anilines is 1. The lowest BCUT2D eigenvalue weighted by atomic mass is 10.0. The van der Waals surface area contributed by atoms with Gasteiger partial charge in [-0.25, -0.2) is 4.90 Å². The number of hydrogen-bond acceptors (Lipinski definition) is 3. The molecule has 0 bridgehead atoms. The molecule has 152 valence electrons. The molecular weight excluding hydrogens is 400 g/mol. The second kappa shape index (κ2) is 6.75. The molecule has 0 saturated carbocycles. The second-order valence-electron chi connectivity index (χ2n) is 7.70. The van der Waals surface area contributed by atoms with Crippen molar-refractivity contribution in [1.82, 2.24) is 4.40 Å². The van der Waals surface area contributed by atoms with Crippen LogP contribution in [-0.2, 0) is 0 Å². The number of carbonyl (C=O) groups is 3. The Morgan fingerprint density at radius 1 is 0.656 bits per heavy atom. The third kappa shape index (κ3) is 2.42. The maximum atomic E-state index is 13.6. The van der Waals surface area contributed by atoms with Gasteiger partial charge in [-0.3, -0.25) is 14.4 Å². The van der Waals surface area contributed by atoms with E-state index in [1.54, 1.807) is 59.1 Å². The first-order valence-electron chi connectivity index (χ1n) is 10.3. The second-order valence-corrected chi connectivity index (χ2v) is 7.70. The summed E-state index contributed by atoms with van der Waals surface area (Å²) in [6.07, 6.45) is 1.76. The van der Waals surface area contributed by atoms with E-state index in [0.29, 0.717) is 16.8 Å². The summed E-state index contributed by atoms with van der Waals surface area (Å²) in [4.78, 5) is 42.0. The van der Waals surface area contributed by atoms with Gasteiger partial charge in [0.1, 0.15) is 5.69 Å². The summed E-state index contributed by atoms with van der Waals surface area (Å²) in [5, 5.41) is 1.74. The summed E-state index contributed by atoms with van der Waals surface area (Å²) < 4.78 is 1.69. The van der Waals surface area contributed by atoms with Crippen LogP contribution in [0.2, 0.25) is 0 Å². The molecule has 1 aliphatic rings. The molecule has 1 aliphatic heterocycles.